The molecule has 0 aliphatic heterocycles. The molecule has 3 rings (SSSR count). The summed E-state index contributed by atoms with van der Waals surface area (Å²) in [5, 5.41) is 7.81. The molecule has 0 aromatic heterocycles. The number of rotatable bonds is 3. The zero-order valence-electron chi connectivity index (χ0n) is 13.1. The van der Waals surface area contributed by atoms with Crippen LogP contribution in [0.2, 0.25) is 0 Å². The fourth-order valence-electron chi connectivity index (χ4n) is 2.50. The summed E-state index contributed by atoms with van der Waals surface area (Å²) in [5.41, 5.74) is 1.28. The van der Waals surface area contributed by atoms with E-state index >= 15 is 0 Å². The van der Waals surface area contributed by atoms with E-state index in [-0.39, 0.29) is 11.0 Å². The lowest BCUT2D eigenvalue weighted by Gasteiger charge is -2.13. The molecule has 0 aliphatic carbocycles. The predicted molar refractivity (Wildman–Crippen MR) is 101 cm³/mol. The molecule has 0 bridgehead atoms. The minimum atomic E-state index is -0.251. The van der Waals surface area contributed by atoms with Crippen LogP contribution in [-0.4, -0.2) is 18.1 Å². The molecule has 120 valence electrons. The Morgan fingerprint density at radius 2 is 1.67 bits per heavy atom. The number of nitrogens with one attached hydrogen (secondary N) is 2. The number of benzene rings is 3. The molecule has 0 atom stereocenters. The third-order valence-electron chi connectivity index (χ3n) is 3.62. The number of para-hydroxylation sites is 2. The second-order valence-corrected chi connectivity index (χ2v) is 5.54. The third kappa shape index (κ3) is 3.36. The lowest BCUT2D eigenvalue weighted by molar-refractivity contribution is 0.0979. The molecule has 2 N–H and O–H groups in total. The van der Waals surface area contributed by atoms with Gasteiger partial charge in [0.2, 0.25) is 0 Å². The molecule has 0 spiro atoms. The third-order valence-corrected chi connectivity index (χ3v) is 3.82. The van der Waals surface area contributed by atoms with Crippen molar-refractivity contribution < 1.29 is 9.53 Å². The molecule has 24 heavy (non-hydrogen) atoms. The number of carbonyl (C=O) groups excluding carboxylic acids is 1. The Hall–Kier alpha value is -2.92. The van der Waals surface area contributed by atoms with Crippen molar-refractivity contribution in [1.29, 1.82) is 0 Å². The number of carbonyl (C=O) groups is 1. The SMILES string of the molecule is COc1ccccc1NC(=S)NC(=O)c1cccc2ccccc12. The van der Waals surface area contributed by atoms with Crippen LogP contribution in [0.3, 0.4) is 0 Å². The van der Waals surface area contributed by atoms with Crippen molar-refractivity contribution in [3.63, 3.8) is 0 Å². The van der Waals surface area contributed by atoms with Crippen molar-refractivity contribution in [2.24, 2.45) is 0 Å². The first-order chi connectivity index (χ1) is 11.7. The second-order valence-electron chi connectivity index (χ2n) is 5.14. The van der Waals surface area contributed by atoms with Crippen LogP contribution in [0.5, 0.6) is 5.75 Å². The van der Waals surface area contributed by atoms with Gasteiger partial charge in [0.05, 0.1) is 12.8 Å². The van der Waals surface area contributed by atoms with E-state index in [1.54, 1.807) is 13.2 Å². The summed E-state index contributed by atoms with van der Waals surface area (Å²) in [4.78, 5) is 12.5. The van der Waals surface area contributed by atoms with E-state index < -0.39 is 0 Å². The summed E-state index contributed by atoms with van der Waals surface area (Å²) in [6.07, 6.45) is 0. The summed E-state index contributed by atoms with van der Waals surface area (Å²) in [5.74, 6) is 0.401. The normalized spacial score (nSPS) is 10.2. The van der Waals surface area contributed by atoms with E-state index in [1.807, 2.05) is 60.7 Å². The van der Waals surface area contributed by atoms with Crippen molar-refractivity contribution in [2.75, 3.05) is 12.4 Å². The molecule has 3 aromatic carbocycles. The number of fused-ring (bicyclic) bond motifs is 1. The van der Waals surface area contributed by atoms with Crippen molar-refractivity contribution in [2.45, 2.75) is 0 Å². The Morgan fingerprint density at radius 1 is 0.958 bits per heavy atom. The summed E-state index contributed by atoms with van der Waals surface area (Å²) >= 11 is 5.24. The van der Waals surface area contributed by atoms with E-state index in [9.17, 15) is 4.79 Å². The highest BCUT2D eigenvalue weighted by Gasteiger charge is 2.12. The van der Waals surface area contributed by atoms with E-state index in [0.717, 1.165) is 10.8 Å². The first-order valence-electron chi connectivity index (χ1n) is 7.42. The largest absolute Gasteiger partial charge is 0.495 e. The molecule has 0 saturated heterocycles. The maximum absolute atomic E-state index is 12.5. The smallest absolute Gasteiger partial charge is 0.258 e. The lowest BCUT2D eigenvalue weighted by Crippen LogP contribution is -2.34. The van der Waals surface area contributed by atoms with Gasteiger partial charge in [0.15, 0.2) is 5.11 Å². The summed E-state index contributed by atoms with van der Waals surface area (Å²) in [7, 11) is 1.58. The molecule has 5 heteroatoms. The minimum absolute atomic E-state index is 0.220. The van der Waals surface area contributed by atoms with Crippen LogP contribution in [0, 0.1) is 0 Å². The van der Waals surface area contributed by atoms with Crippen LogP contribution in [-0.2, 0) is 0 Å². The van der Waals surface area contributed by atoms with Gasteiger partial charge in [0.25, 0.3) is 5.91 Å². The van der Waals surface area contributed by atoms with E-state index in [2.05, 4.69) is 10.6 Å². The number of amides is 1. The number of methoxy groups -OCH3 is 1. The fourth-order valence-corrected chi connectivity index (χ4v) is 2.70. The quantitative estimate of drug-likeness (QED) is 0.711. The van der Waals surface area contributed by atoms with Crippen molar-refractivity contribution >= 4 is 39.7 Å². The van der Waals surface area contributed by atoms with Gasteiger partial charge >= 0.3 is 0 Å². The topological polar surface area (TPSA) is 50.4 Å². The molecule has 0 aliphatic rings. The zero-order valence-corrected chi connectivity index (χ0v) is 13.9. The summed E-state index contributed by atoms with van der Waals surface area (Å²) in [6, 6.07) is 20.7. The molecule has 0 unspecified atom stereocenters. The number of thiocarbonyl (C=S) groups is 1. The predicted octanol–water partition coefficient (Wildman–Crippen LogP) is 3.98. The molecule has 0 fully saturated rings. The highest BCUT2D eigenvalue weighted by Crippen LogP contribution is 2.23. The number of hydrogen-bond acceptors (Lipinski definition) is 3. The van der Waals surface area contributed by atoms with E-state index in [0.29, 0.717) is 17.0 Å². The van der Waals surface area contributed by atoms with Gasteiger partial charge in [-0.05, 0) is 41.2 Å². The van der Waals surface area contributed by atoms with Crippen LogP contribution in [0.25, 0.3) is 10.8 Å². The summed E-state index contributed by atoms with van der Waals surface area (Å²) < 4.78 is 5.26. The zero-order chi connectivity index (χ0) is 16.9. The standard InChI is InChI=1S/C19H16N2O2S/c1-23-17-12-5-4-11-16(17)20-19(24)21-18(22)15-10-6-8-13-7-2-3-9-14(13)15/h2-12H,1H3,(H2,20,21,22,24). The van der Waals surface area contributed by atoms with Crippen molar-refractivity contribution in [3.8, 4) is 5.75 Å². The van der Waals surface area contributed by atoms with Crippen LogP contribution < -0.4 is 15.4 Å². The fraction of sp³-hybridized carbons (Fsp3) is 0.0526. The highest BCUT2D eigenvalue weighted by atomic mass is 32.1. The van der Waals surface area contributed by atoms with E-state index in [1.165, 1.54) is 0 Å². The Labute approximate surface area is 145 Å². The van der Waals surface area contributed by atoms with Gasteiger partial charge in [-0.25, -0.2) is 0 Å². The molecule has 4 nitrogen and oxygen atoms in total. The molecular weight excluding hydrogens is 320 g/mol. The van der Waals surface area contributed by atoms with Crippen molar-refractivity contribution in [1.82, 2.24) is 5.32 Å². The number of ether oxygens (including phenoxy) is 1. The monoisotopic (exact) mass is 336 g/mol. The van der Waals surface area contributed by atoms with Crippen LogP contribution in [0.1, 0.15) is 10.4 Å². The molecule has 0 radical (unpaired) electrons. The average molecular weight is 336 g/mol. The number of anilines is 1. The minimum Gasteiger partial charge on any atom is -0.495 e. The van der Waals surface area contributed by atoms with E-state index in [4.69, 9.17) is 17.0 Å². The van der Waals surface area contributed by atoms with Gasteiger partial charge in [-0.1, -0.05) is 48.5 Å². The molecule has 0 saturated carbocycles. The van der Waals surface area contributed by atoms with Gasteiger partial charge in [-0.15, -0.1) is 0 Å². The molecule has 3 aromatic rings. The molecule has 0 heterocycles. The van der Waals surface area contributed by atoms with Crippen LogP contribution >= 0.6 is 12.2 Å². The van der Waals surface area contributed by atoms with Gasteiger partial charge in [0, 0.05) is 5.56 Å². The summed E-state index contributed by atoms with van der Waals surface area (Å²) in [6.45, 7) is 0. The van der Waals surface area contributed by atoms with Gasteiger partial charge in [0.1, 0.15) is 5.75 Å². The molecular formula is C19H16N2O2S. The van der Waals surface area contributed by atoms with Crippen LogP contribution in [0.4, 0.5) is 5.69 Å². The highest BCUT2D eigenvalue weighted by molar-refractivity contribution is 7.80. The van der Waals surface area contributed by atoms with Gasteiger partial charge in [-0.2, -0.15) is 0 Å². The Morgan fingerprint density at radius 3 is 2.50 bits per heavy atom. The van der Waals surface area contributed by atoms with Crippen LogP contribution in [0.15, 0.2) is 66.7 Å². The first kappa shape index (κ1) is 16.0. The second kappa shape index (κ2) is 7.10. The van der Waals surface area contributed by atoms with Gasteiger partial charge < -0.3 is 10.1 Å². The average Bonchev–Trinajstić information content (AvgIpc) is 2.61. The Kier molecular flexibility index (Phi) is 4.72. The van der Waals surface area contributed by atoms with Crippen molar-refractivity contribution in [3.05, 3.63) is 72.3 Å². The maximum atomic E-state index is 12.5. The Balaban J connectivity index is 1.78. The lowest BCUT2D eigenvalue weighted by atomic mass is 10.0. The van der Waals surface area contributed by atoms with Gasteiger partial charge in [-0.3, -0.25) is 10.1 Å². The Bertz CT molecular complexity index is 903. The number of hydrogen-bond donors (Lipinski definition) is 2. The maximum Gasteiger partial charge on any atom is 0.258 e. The molecule has 1 amide bonds. The first-order valence-corrected chi connectivity index (χ1v) is 7.83.